The van der Waals surface area contributed by atoms with Crippen LogP contribution in [0.4, 0.5) is 0 Å². The van der Waals surface area contributed by atoms with Gasteiger partial charge in [0.1, 0.15) is 0 Å². The lowest BCUT2D eigenvalue weighted by atomic mass is 10.2. The first-order valence-corrected chi connectivity index (χ1v) is 14.0. The van der Waals surface area contributed by atoms with Crippen LogP contribution in [0.2, 0.25) is 10.0 Å². The molecule has 0 radical (unpaired) electrons. The number of carbonyl (C=O) groups excluding carboxylic acids is 1. The van der Waals surface area contributed by atoms with E-state index >= 15 is 0 Å². The van der Waals surface area contributed by atoms with Crippen LogP contribution in [0.15, 0.2) is 77.7 Å². The maximum Gasteiger partial charge on any atom is 0.243 e. The second-order valence-electron chi connectivity index (χ2n) is 8.98. The van der Waals surface area contributed by atoms with Gasteiger partial charge in [-0.2, -0.15) is 4.31 Å². The summed E-state index contributed by atoms with van der Waals surface area (Å²) in [6.07, 6.45) is 0. The van der Waals surface area contributed by atoms with E-state index < -0.39 is 10.0 Å². The number of hydrogen-bond donors (Lipinski definition) is 0. The monoisotopic (exact) mass is 545 g/mol. The zero-order chi connectivity index (χ0) is 25.7. The quantitative estimate of drug-likeness (QED) is 0.406. The van der Waals surface area contributed by atoms with E-state index in [0.717, 1.165) is 25.2 Å². The summed E-state index contributed by atoms with van der Waals surface area (Å²) in [7, 11) is -3.92. The van der Waals surface area contributed by atoms with Crippen LogP contribution >= 0.6 is 23.2 Å². The van der Waals surface area contributed by atoms with Crippen molar-refractivity contribution in [2.45, 2.75) is 24.9 Å². The number of amides is 1. The topological polar surface area (TPSA) is 60.9 Å². The lowest BCUT2D eigenvalue weighted by Gasteiger charge is -2.35. The Morgan fingerprint density at radius 1 is 0.861 bits per heavy atom. The minimum atomic E-state index is -3.92. The van der Waals surface area contributed by atoms with Crippen LogP contribution in [-0.4, -0.2) is 61.2 Å². The van der Waals surface area contributed by atoms with Gasteiger partial charge in [0.15, 0.2) is 0 Å². The van der Waals surface area contributed by atoms with Crippen molar-refractivity contribution in [3.63, 3.8) is 0 Å². The van der Waals surface area contributed by atoms with Crippen molar-refractivity contribution in [2.24, 2.45) is 0 Å². The SMILES string of the molecule is Cc1ccc(S(=O)(=O)N(CC(=O)N2CCN(Cc3ccccc3)CC2)Cc2ccc(Cl)c(Cl)c2)cc1. The zero-order valence-corrected chi connectivity index (χ0v) is 22.4. The molecule has 0 unspecified atom stereocenters. The zero-order valence-electron chi connectivity index (χ0n) is 20.1. The highest BCUT2D eigenvalue weighted by molar-refractivity contribution is 7.89. The van der Waals surface area contributed by atoms with Crippen molar-refractivity contribution in [3.8, 4) is 0 Å². The van der Waals surface area contributed by atoms with E-state index in [1.165, 1.54) is 9.87 Å². The number of sulfonamides is 1. The van der Waals surface area contributed by atoms with E-state index in [-0.39, 0.29) is 23.9 Å². The lowest BCUT2D eigenvalue weighted by molar-refractivity contribution is -0.133. The van der Waals surface area contributed by atoms with E-state index in [2.05, 4.69) is 17.0 Å². The van der Waals surface area contributed by atoms with Crippen LogP contribution in [0.1, 0.15) is 16.7 Å². The molecule has 1 aliphatic heterocycles. The van der Waals surface area contributed by atoms with E-state index in [9.17, 15) is 13.2 Å². The molecule has 4 rings (SSSR count). The second-order valence-corrected chi connectivity index (χ2v) is 11.7. The first-order chi connectivity index (χ1) is 17.2. The minimum absolute atomic E-state index is 0.00676. The molecule has 0 aromatic heterocycles. The van der Waals surface area contributed by atoms with Crippen molar-refractivity contribution in [3.05, 3.63) is 99.5 Å². The van der Waals surface area contributed by atoms with Crippen molar-refractivity contribution in [2.75, 3.05) is 32.7 Å². The van der Waals surface area contributed by atoms with Gasteiger partial charge in [0.2, 0.25) is 15.9 Å². The van der Waals surface area contributed by atoms with Crippen molar-refractivity contribution in [1.29, 1.82) is 0 Å². The fourth-order valence-electron chi connectivity index (χ4n) is 4.17. The van der Waals surface area contributed by atoms with Crippen molar-refractivity contribution in [1.82, 2.24) is 14.1 Å². The van der Waals surface area contributed by atoms with Crippen LogP contribution in [0, 0.1) is 6.92 Å². The normalized spacial score (nSPS) is 14.8. The third-order valence-electron chi connectivity index (χ3n) is 6.29. The van der Waals surface area contributed by atoms with Gasteiger partial charge in [-0.05, 0) is 42.3 Å². The van der Waals surface area contributed by atoms with E-state index in [1.807, 2.05) is 25.1 Å². The van der Waals surface area contributed by atoms with Gasteiger partial charge >= 0.3 is 0 Å². The average molecular weight is 547 g/mol. The Kier molecular flexibility index (Phi) is 8.70. The Balaban J connectivity index is 1.48. The largest absolute Gasteiger partial charge is 0.339 e. The number of piperazine rings is 1. The summed E-state index contributed by atoms with van der Waals surface area (Å²) >= 11 is 12.2. The summed E-state index contributed by atoms with van der Waals surface area (Å²) in [6.45, 7) is 5.05. The molecule has 1 heterocycles. The number of aryl methyl sites for hydroxylation is 1. The van der Waals surface area contributed by atoms with Gasteiger partial charge in [0.25, 0.3) is 0 Å². The molecule has 190 valence electrons. The van der Waals surface area contributed by atoms with Gasteiger partial charge < -0.3 is 4.90 Å². The third kappa shape index (κ3) is 6.66. The molecule has 36 heavy (non-hydrogen) atoms. The summed E-state index contributed by atoms with van der Waals surface area (Å²) in [6, 6.07) is 21.8. The lowest BCUT2D eigenvalue weighted by Crippen LogP contribution is -2.51. The molecular formula is C27H29Cl2N3O3S. The Morgan fingerprint density at radius 2 is 1.53 bits per heavy atom. The predicted molar refractivity (Wildman–Crippen MR) is 144 cm³/mol. The van der Waals surface area contributed by atoms with Crippen LogP contribution < -0.4 is 0 Å². The van der Waals surface area contributed by atoms with E-state index in [4.69, 9.17) is 23.2 Å². The van der Waals surface area contributed by atoms with Gasteiger partial charge in [-0.15, -0.1) is 0 Å². The summed E-state index contributed by atoms with van der Waals surface area (Å²) in [4.78, 5) is 17.5. The number of carbonyl (C=O) groups is 1. The molecule has 6 nitrogen and oxygen atoms in total. The third-order valence-corrected chi connectivity index (χ3v) is 8.83. The van der Waals surface area contributed by atoms with Gasteiger partial charge in [0, 0.05) is 39.3 Å². The van der Waals surface area contributed by atoms with Crippen molar-refractivity contribution >= 4 is 39.1 Å². The first kappa shape index (κ1) is 26.6. The van der Waals surface area contributed by atoms with E-state index in [1.54, 1.807) is 47.4 Å². The first-order valence-electron chi connectivity index (χ1n) is 11.8. The van der Waals surface area contributed by atoms with Gasteiger partial charge in [0.05, 0.1) is 21.5 Å². The Morgan fingerprint density at radius 3 is 2.17 bits per heavy atom. The summed E-state index contributed by atoms with van der Waals surface area (Å²) in [5.41, 5.74) is 2.84. The van der Waals surface area contributed by atoms with Crippen LogP contribution in [0.25, 0.3) is 0 Å². The smallest absolute Gasteiger partial charge is 0.243 e. The van der Waals surface area contributed by atoms with Crippen LogP contribution in [0.5, 0.6) is 0 Å². The van der Waals surface area contributed by atoms with Gasteiger partial charge in [-0.3, -0.25) is 9.69 Å². The average Bonchev–Trinajstić information content (AvgIpc) is 2.87. The molecular weight excluding hydrogens is 517 g/mol. The fraction of sp³-hybridized carbons (Fsp3) is 0.296. The highest BCUT2D eigenvalue weighted by Gasteiger charge is 2.30. The summed E-state index contributed by atoms with van der Waals surface area (Å²) < 4.78 is 28.3. The number of nitrogens with zero attached hydrogens (tertiary/aromatic N) is 3. The highest BCUT2D eigenvalue weighted by Crippen LogP contribution is 2.25. The summed E-state index contributed by atoms with van der Waals surface area (Å²) in [5, 5.41) is 0.723. The molecule has 0 aliphatic carbocycles. The molecule has 9 heteroatoms. The maximum atomic E-state index is 13.6. The number of rotatable bonds is 8. The molecule has 1 saturated heterocycles. The molecule has 0 N–H and O–H groups in total. The molecule has 0 spiro atoms. The Labute approximate surface area is 223 Å². The maximum absolute atomic E-state index is 13.6. The minimum Gasteiger partial charge on any atom is -0.339 e. The fourth-order valence-corrected chi connectivity index (χ4v) is 5.87. The Hall–Kier alpha value is -2.42. The molecule has 0 saturated carbocycles. The van der Waals surface area contributed by atoms with E-state index in [0.29, 0.717) is 28.7 Å². The molecule has 1 amide bonds. The Bertz CT molecular complexity index is 1290. The molecule has 0 atom stereocenters. The number of benzene rings is 3. The molecule has 3 aromatic carbocycles. The molecule has 3 aromatic rings. The van der Waals surface area contributed by atoms with Gasteiger partial charge in [-0.25, -0.2) is 8.42 Å². The number of hydrogen-bond acceptors (Lipinski definition) is 4. The van der Waals surface area contributed by atoms with Crippen molar-refractivity contribution < 1.29 is 13.2 Å². The molecule has 1 fully saturated rings. The highest BCUT2D eigenvalue weighted by atomic mass is 35.5. The number of halogens is 2. The molecule has 0 bridgehead atoms. The molecule has 1 aliphatic rings. The second kappa shape index (κ2) is 11.8. The van der Waals surface area contributed by atoms with Gasteiger partial charge in [-0.1, -0.05) is 77.3 Å². The standard InChI is InChI=1S/C27H29Cl2N3O3S/c1-21-7-10-24(11-8-21)36(34,35)32(19-23-9-12-25(28)26(29)17-23)20-27(33)31-15-13-30(14-16-31)18-22-5-3-2-4-6-22/h2-12,17H,13-16,18-20H2,1H3. The summed E-state index contributed by atoms with van der Waals surface area (Å²) in [5.74, 6) is -0.217. The van der Waals surface area contributed by atoms with Crippen LogP contribution in [-0.2, 0) is 27.9 Å². The predicted octanol–water partition coefficient (Wildman–Crippen LogP) is 4.84. The van der Waals surface area contributed by atoms with Crippen LogP contribution in [0.3, 0.4) is 0 Å².